The molecule has 0 unspecified atom stereocenters. The van der Waals surface area contributed by atoms with Gasteiger partial charge in [0.05, 0.1) is 5.56 Å². The number of aromatic carboxylic acids is 1. The molecule has 3 aromatic rings. The quantitative estimate of drug-likeness (QED) is 0.760. The highest BCUT2D eigenvalue weighted by Gasteiger charge is 2.15. The minimum atomic E-state index is -1.23. The van der Waals surface area contributed by atoms with Crippen LogP contribution in [0.25, 0.3) is 16.8 Å². The number of aromatic hydroxyl groups is 1. The molecule has 124 valence electrons. The van der Waals surface area contributed by atoms with Gasteiger partial charge in [-0.2, -0.15) is 5.26 Å². The fourth-order valence-corrected chi connectivity index (χ4v) is 2.67. The SMILES string of the molecule is Cc1c(F)cccc1-c1cn(-c2ccc(C(=O)O)c(O)c2)cc1C#N. The third kappa shape index (κ3) is 2.83. The number of benzene rings is 2. The number of phenols is 1. The lowest BCUT2D eigenvalue weighted by molar-refractivity contribution is 0.0693. The van der Waals surface area contributed by atoms with Crippen LogP contribution >= 0.6 is 0 Å². The summed E-state index contributed by atoms with van der Waals surface area (Å²) in [5, 5.41) is 28.2. The Morgan fingerprint density at radius 1 is 1.20 bits per heavy atom. The van der Waals surface area contributed by atoms with Crippen LogP contribution in [0, 0.1) is 24.1 Å². The molecule has 5 nitrogen and oxygen atoms in total. The number of carbonyl (C=O) groups is 1. The van der Waals surface area contributed by atoms with Gasteiger partial charge in [0.1, 0.15) is 23.2 Å². The summed E-state index contributed by atoms with van der Waals surface area (Å²) in [5.74, 6) is -1.97. The first-order valence-electron chi connectivity index (χ1n) is 7.36. The average molecular weight is 336 g/mol. The van der Waals surface area contributed by atoms with E-state index in [4.69, 9.17) is 5.11 Å². The first-order valence-corrected chi connectivity index (χ1v) is 7.36. The first kappa shape index (κ1) is 16.3. The van der Waals surface area contributed by atoms with E-state index in [2.05, 4.69) is 6.07 Å². The molecule has 0 fully saturated rings. The van der Waals surface area contributed by atoms with Crippen LogP contribution in [0.3, 0.4) is 0 Å². The minimum absolute atomic E-state index is 0.211. The second kappa shape index (κ2) is 6.13. The van der Waals surface area contributed by atoms with E-state index in [9.17, 15) is 19.6 Å². The van der Waals surface area contributed by atoms with E-state index in [0.29, 0.717) is 27.9 Å². The highest BCUT2D eigenvalue weighted by molar-refractivity contribution is 5.91. The van der Waals surface area contributed by atoms with Crippen LogP contribution in [0.5, 0.6) is 5.75 Å². The highest BCUT2D eigenvalue weighted by atomic mass is 19.1. The maximum absolute atomic E-state index is 13.8. The topological polar surface area (TPSA) is 86.2 Å². The lowest BCUT2D eigenvalue weighted by atomic mass is 10.00. The fourth-order valence-electron chi connectivity index (χ4n) is 2.67. The van der Waals surface area contributed by atoms with Gasteiger partial charge in [-0.3, -0.25) is 0 Å². The van der Waals surface area contributed by atoms with Crippen LogP contribution in [0.2, 0.25) is 0 Å². The largest absolute Gasteiger partial charge is 0.507 e. The van der Waals surface area contributed by atoms with Crippen LogP contribution in [0.1, 0.15) is 21.5 Å². The Kier molecular flexibility index (Phi) is 3.99. The van der Waals surface area contributed by atoms with Crippen LogP contribution < -0.4 is 0 Å². The van der Waals surface area contributed by atoms with Crippen molar-refractivity contribution in [2.24, 2.45) is 0 Å². The molecule has 1 heterocycles. The third-order valence-corrected chi connectivity index (χ3v) is 4.01. The molecule has 0 spiro atoms. The van der Waals surface area contributed by atoms with E-state index < -0.39 is 5.97 Å². The van der Waals surface area contributed by atoms with Gasteiger partial charge in [0.2, 0.25) is 0 Å². The fraction of sp³-hybridized carbons (Fsp3) is 0.0526. The molecule has 0 amide bonds. The molecule has 0 aliphatic rings. The zero-order chi connectivity index (χ0) is 18.1. The van der Waals surface area contributed by atoms with Gasteiger partial charge in [-0.05, 0) is 36.2 Å². The average Bonchev–Trinajstić information content (AvgIpc) is 3.01. The number of nitriles is 1. The first-order chi connectivity index (χ1) is 11.9. The molecule has 0 bridgehead atoms. The van der Waals surface area contributed by atoms with Gasteiger partial charge in [-0.15, -0.1) is 0 Å². The predicted molar refractivity (Wildman–Crippen MR) is 89.2 cm³/mol. The van der Waals surface area contributed by atoms with E-state index >= 15 is 0 Å². The molecule has 25 heavy (non-hydrogen) atoms. The summed E-state index contributed by atoms with van der Waals surface area (Å²) in [5.41, 5.74) is 2.20. The van der Waals surface area contributed by atoms with Gasteiger partial charge < -0.3 is 14.8 Å². The standard InChI is InChI=1S/C19H13FN2O3/c1-11-14(3-2-4-17(11)20)16-10-22(9-12(16)8-21)13-5-6-15(19(24)25)18(23)7-13/h2-7,9-10,23H,1H3,(H,24,25). The van der Waals surface area contributed by atoms with Gasteiger partial charge in [0.15, 0.2) is 0 Å². The number of hydrogen-bond acceptors (Lipinski definition) is 3. The number of aromatic nitrogens is 1. The molecular formula is C19H13FN2O3. The highest BCUT2D eigenvalue weighted by Crippen LogP contribution is 2.31. The molecule has 2 N–H and O–H groups in total. The number of carboxylic acids is 1. The van der Waals surface area contributed by atoms with Crippen molar-refractivity contribution in [3.05, 3.63) is 71.3 Å². The summed E-state index contributed by atoms with van der Waals surface area (Å²) in [4.78, 5) is 11.0. The molecule has 6 heteroatoms. The van der Waals surface area contributed by atoms with E-state index in [0.717, 1.165) is 0 Å². The van der Waals surface area contributed by atoms with Crippen molar-refractivity contribution in [2.45, 2.75) is 6.92 Å². The second-order valence-corrected chi connectivity index (χ2v) is 5.52. The summed E-state index contributed by atoms with van der Waals surface area (Å²) in [6.45, 7) is 1.64. The Hall–Kier alpha value is -3.59. The summed E-state index contributed by atoms with van der Waals surface area (Å²) < 4.78 is 15.4. The van der Waals surface area contributed by atoms with Crippen molar-refractivity contribution in [2.75, 3.05) is 0 Å². The maximum atomic E-state index is 13.8. The third-order valence-electron chi connectivity index (χ3n) is 4.01. The van der Waals surface area contributed by atoms with Crippen molar-refractivity contribution < 1.29 is 19.4 Å². The Labute approximate surface area is 142 Å². The molecule has 1 aromatic heterocycles. The molecule has 0 aliphatic heterocycles. The summed E-state index contributed by atoms with van der Waals surface area (Å²) in [6.07, 6.45) is 3.20. The molecule has 0 radical (unpaired) electrons. The summed E-state index contributed by atoms with van der Waals surface area (Å²) in [7, 11) is 0. The number of halogens is 1. The lowest BCUT2D eigenvalue weighted by Gasteiger charge is -2.06. The maximum Gasteiger partial charge on any atom is 0.339 e. The van der Waals surface area contributed by atoms with Crippen molar-refractivity contribution >= 4 is 5.97 Å². The molecule has 0 saturated heterocycles. The molecule has 2 aromatic carbocycles. The van der Waals surface area contributed by atoms with Crippen molar-refractivity contribution in [3.63, 3.8) is 0 Å². The lowest BCUT2D eigenvalue weighted by Crippen LogP contribution is -1.98. The van der Waals surface area contributed by atoms with E-state index in [1.54, 1.807) is 36.0 Å². The van der Waals surface area contributed by atoms with E-state index in [1.807, 2.05) is 0 Å². The van der Waals surface area contributed by atoms with E-state index in [-0.39, 0.29) is 17.1 Å². The number of nitrogens with zero attached hydrogens (tertiary/aromatic N) is 2. The van der Waals surface area contributed by atoms with E-state index in [1.165, 1.54) is 24.3 Å². The molecule has 0 aliphatic carbocycles. The monoisotopic (exact) mass is 336 g/mol. The molecular weight excluding hydrogens is 323 g/mol. The molecule has 3 rings (SSSR count). The van der Waals surface area contributed by atoms with Crippen molar-refractivity contribution in [1.29, 1.82) is 5.26 Å². The van der Waals surface area contributed by atoms with Gasteiger partial charge in [0, 0.05) is 29.7 Å². The normalized spacial score (nSPS) is 10.4. The summed E-state index contributed by atoms with van der Waals surface area (Å²) >= 11 is 0. The minimum Gasteiger partial charge on any atom is -0.507 e. The Bertz CT molecular complexity index is 1030. The Morgan fingerprint density at radius 2 is 1.96 bits per heavy atom. The molecule has 0 atom stereocenters. The van der Waals surface area contributed by atoms with Crippen LogP contribution in [0.15, 0.2) is 48.8 Å². The second-order valence-electron chi connectivity index (χ2n) is 5.52. The van der Waals surface area contributed by atoms with Gasteiger partial charge >= 0.3 is 5.97 Å². The smallest absolute Gasteiger partial charge is 0.339 e. The molecule has 0 saturated carbocycles. The van der Waals surface area contributed by atoms with Gasteiger partial charge in [-0.1, -0.05) is 12.1 Å². The van der Waals surface area contributed by atoms with Gasteiger partial charge in [0.25, 0.3) is 0 Å². The van der Waals surface area contributed by atoms with Crippen LogP contribution in [-0.4, -0.2) is 20.7 Å². The number of rotatable bonds is 3. The number of hydrogen-bond donors (Lipinski definition) is 2. The Morgan fingerprint density at radius 3 is 2.60 bits per heavy atom. The van der Waals surface area contributed by atoms with Crippen molar-refractivity contribution in [1.82, 2.24) is 4.57 Å². The predicted octanol–water partition coefficient (Wildman–Crippen LogP) is 3.87. The van der Waals surface area contributed by atoms with Crippen molar-refractivity contribution in [3.8, 4) is 28.6 Å². The summed E-state index contributed by atoms with van der Waals surface area (Å²) in [6, 6.07) is 10.8. The van der Waals surface area contributed by atoms with Crippen LogP contribution in [0.4, 0.5) is 4.39 Å². The van der Waals surface area contributed by atoms with Crippen LogP contribution in [-0.2, 0) is 0 Å². The zero-order valence-electron chi connectivity index (χ0n) is 13.2. The number of carboxylic acid groups (broad SMARTS) is 1. The zero-order valence-corrected chi connectivity index (χ0v) is 13.2. The Balaban J connectivity index is 2.14. The van der Waals surface area contributed by atoms with Gasteiger partial charge in [-0.25, -0.2) is 9.18 Å².